The van der Waals surface area contributed by atoms with Crippen LogP contribution in [0, 0.1) is 0 Å². The highest BCUT2D eigenvalue weighted by atomic mass is 16.6. The van der Waals surface area contributed by atoms with E-state index < -0.39 is 5.60 Å². The molecule has 216 valence electrons. The summed E-state index contributed by atoms with van der Waals surface area (Å²) in [6.45, 7) is 11.9. The smallest absolute Gasteiger partial charge is 0.410 e. The highest BCUT2D eigenvalue weighted by Gasteiger charge is 2.37. The zero-order chi connectivity index (χ0) is 28.4. The summed E-state index contributed by atoms with van der Waals surface area (Å²) in [5.41, 5.74) is 2.67. The van der Waals surface area contributed by atoms with E-state index in [4.69, 9.17) is 9.72 Å². The molecule has 2 atom stereocenters. The fourth-order valence-corrected chi connectivity index (χ4v) is 5.81. The average molecular weight is 550 g/mol. The molecule has 1 aromatic heterocycles. The maximum atomic E-state index is 14.0. The number of ether oxygens (including phenoxy) is 1. The van der Waals surface area contributed by atoms with Crippen molar-refractivity contribution in [3.8, 4) is 0 Å². The predicted molar refractivity (Wildman–Crippen MR) is 154 cm³/mol. The molecule has 2 aromatic rings. The molecular weight excluding hydrogens is 506 g/mol. The number of aromatic nitrogens is 2. The third-order valence-electron chi connectivity index (χ3n) is 8.06. The number of rotatable bonds is 3. The van der Waals surface area contributed by atoms with Gasteiger partial charge in [-0.25, -0.2) is 19.6 Å². The first-order chi connectivity index (χ1) is 19.1. The second-order valence-electron chi connectivity index (χ2n) is 12.4. The zero-order valence-electron chi connectivity index (χ0n) is 24.5. The molecule has 2 fully saturated rings. The van der Waals surface area contributed by atoms with Crippen LogP contribution in [0.15, 0.2) is 36.5 Å². The van der Waals surface area contributed by atoms with Crippen molar-refractivity contribution in [2.45, 2.75) is 77.2 Å². The first-order valence-electron chi connectivity index (χ1n) is 14.5. The van der Waals surface area contributed by atoms with Gasteiger partial charge in [-0.05, 0) is 65.1 Å². The summed E-state index contributed by atoms with van der Waals surface area (Å²) in [6.07, 6.45) is 3.97. The molecule has 0 bridgehead atoms. The Morgan fingerprint density at radius 1 is 1.02 bits per heavy atom. The van der Waals surface area contributed by atoms with E-state index in [0.29, 0.717) is 32.1 Å². The third kappa shape index (κ3) is 6.49. The number of carbonyl (C=O) groups excluding carboxylic acids is 2. The largest absolute Gasteiger partial charge is 0.444 e. The summed E-state index contributed by atoms with van der Waals surface area (Å²) in [6, 6.07) is 10.7. The van der Waals surface area contributed by atoms with Gasteiger partial charge in [-0.1, -0.05) is 30.3 Å². The van der Waals surface area contributed by atoms with Crippen molar-refractivity contribution in [3.63, 3.8) is 0 Å². The number of hydrogen-bond donors (Lipinski definition) is 1. The number of amides is 3. The van der Waals surface area contributed by atoms with Crippen LogP contribution in [0.25, 0.3) is 0 Å². The SMILES string of the molecule is C[C@@H]1Cc2cnc(NC3CCN(C(=O)OC(C)(C)C)CC3)nc2CN1C(=O)N1CCN(C)C[C@@H]1c1ccccc1. The van der Waals surface area contributed by atoms with Gasteiger partial charge in [0.1, 0.15) is 5.60 Å². The Balaban J connectivity index is 1.23. The molecule has 3 amide bonds. The van der Waals surface area contributed by atoms with Crippen molar-refractivity contribution >= 4 is 18.1 Å². The number of nitrogens with one attached hydrogen (secondary N) is 1. The van der Waals surface area contributed by atoms with Crippen molar-refractivity contribution in [1.29, 1.82) is 0 Å². The molecule has 0 unspecified atom stereocenters. The summed E-state index contributed by atoms with van der Waals surface area (Å²) in [4.78, 5) is 43.9. The Kier molecular flexibility index (Phi) is 8.16. The van der Waals surface area contributed by atoms with Crippen LogP contribution >= 0.6 is 0 Å². The van der Waals surface area contributed by atoms with E-state index in [1.807, 2.05) is 55.0 Å². The van der Waals surface area contributed by atoms with E-state index in [0.717, 1.165) is 43.6 Å². The number of piperidine rings is 1. The molecule has 0 saturated carbocycles. The monoisotopic (exact) mass is 549 g/mol. The highest BCUT2D eigenvalue weighted by Crippen LogP contribution is 2.30. The van der Waals surface area contributed by atoms with Crippen LogP contribution in [0.5, 0.6) is 0 Å². The van der Waals surface area contributed by atoms with Gasteiger partial charge in [-0.2, -0.15) is 0 Å². The molecule has 1 aromatic carbocycles. The van der Waals surface area contributed by atoms with Gasteiger partial charge in [0.2, 0.25) is 5.95 Å². The molecule has 10 nitrogen and oxygen atoms in total. The Morgan fingerprint density at radius 2 is 1.75 bits per heavy atom. The molecule has 5 rings (SSSR count). The molecule has 10 heteroatoms. The minimum Gasteiger partial charge on any atom is -0.444 e. The van der Waals surface area contributed by atoms with Crippen LogP contribution in [0.4, 0.5) is 15.5 Å². The molecule has 1 N–H and O–H groups in total. The van der Waals surface area contributed by atoms with E-state index in [-0.39, 0.29) is 30.2 Å². The number of carbonyl (C=O) groups is 2. The number of likely N-dealkylation sites (N-methyl/N-ethyl adjacent to an activating group) is 1. The summed E-state index contributed by atoms with van der Waals surface area (Å²) in [5, 5.41) is 3.47. The van der Waals surface area contributed by atoms with Crippen molar-refractivity contribution < 1.29 is 14.3 Å². The number of benzene rings is 1. The quantitative estimate of drug-likeness (QED) is 0.615. The van der Waals surface area contributed by atoms with Crippen molar-refractivity contribution in [1.82, 2.24) is 29.6 Å². The lowest BCUT2D eigenvalue weighted by Gasteiger charge is -2.44. The average Bonchev–Trinajstić information content (AvgIpc) is 2.92. The van der Waals surface area contributed by atoms with Crippen LogP contribution in [0.2, 0.25) is 0 Å². The lowest BCUT2D eigenvalue weighted by Crippen LogP contribution is -2.56. The number of urea groups is 1. The fourth-order valence-electron chi connectivity index (χ4n) is 5.81. The Labute approximate surface area is 237 Å². The molecule has 3 aliphatic heterocycles. The van der Waals surface area contributed by atoms with Gasteiger partial charge < -0.3 is 29.7 Å². The topological polar surface area (TPSA) is 94.1 Å². The van der Waals surface area contributed by atoms with Gasteiger partial charge in [0.15, 0.2) is 0 Å². The third-order valence-corrected chi connectivity index (χ3v) is 8.06. The number of hydrogen-bond acceptors (Lipinski definition) is 7. The van der Waals surface area contributed by atoms with Crippen LogP contribution < -0.4 is 5.32 Å². The van der Waals surface area contributed by atoms with E-state index >= 15 is 0 Å². The van der Waals surface area contributed by atoms with Gasteiger partial charge in [-0.15, -0.1) is 0 Å². The van der Waals surface area contributed by atoms with Gasteiger partial charge in [0, 0.05) is 51.0 Å². The van der Waals surface area contributed by atoms with E-state index in [1.54, 1.807) is 4.90 Å². The second-order valence-corrected chi connectivity index (χ2v) is 12.4. The fraction of sp³-hybridized carbons (Fsp3) is 0.600. The Hall–Kier alpha value is -3.40. The number of likely N-dealkylation sites (tertiary alicyclic amines) is 1. The molecule has 0 spiro atoms. The van der Waals surface area contributed by atoms with Gasteiger partial charge in [0.25, 0.3) is 0 Å². The summed E-state index contributed by atoms with van der Waals surface area (Å²) in [7, 11) is 2.12. The maximum absolute atomic E-state index is 14.0. The number of nitrogens with zero attached hydrogens (tertiary/aromatic N) is 6. The standard InChI is InChI=1S/C30H43N7O3/c1-21-17-23-18-31-27(32-24-11-13-35(14-12-24)29(39)40-30(2,3)4)33-25(23)19-37(21)28(38)36-16-15-34(5)20-26(36)22-9-7-6-8-10-22/h6-10,18,21,24,26H,11-17,19-20H2,1-5H3,(H,31,32,33)/t21-,26-/m1/s1. The highest BCUT2D eigenvalue weighted by molar-refractivity contribution is 5.76. The Morgan fingerprint density at radius 3 is 2.45 bits per heavy atom. The Bertz CT molecular complexity index is 1190. The lowest BCUT2D eigenvalue weighted by molar-refractivity contribution is 0.0210. The second kappa shape index (κ2) is 11.6. The van der Waals surface area contributed by atoms with Crippen LogP contribution in [0.1, 0.15) is 63.4 Å². The minimum atomic E-state index is -0.497. The van der Waals surface area contributed by atoms with Crippen molar-refractivity contribution in [2.75, 3.05) is 45.1 Å². The number of fused-ring (bicyclic) bond motifs is 1. The van der Waals surface area contributed by atoms with Gasteiger partial charge in [0.05, 0.1) is 18.3 Å². The molecule has 3 aliphatic rings. The molecule has 0 aliphatic carbocycles. The number of anilines is 1. The molecule has 4 heterocycles. The van der Waals surface area contributed by atoms with Crippen molar-refractivity contribution in [2.24, 2.45) is 0 Å². The molecule has 40 heavy (non-hydrogen) atoms. The molecular formula is C30H43N7O3. The normalized spacial score (nSPS) is 22.6. The first kappa shape index (κ1) is 28.1. The lowest BCUT2D eigenvalue weighted by atomic mass is 9.99. The number of piperazine rings is 1. The van der Waals surface area contributed by atoms with Crippen molar-refractivity contribution in [3.05, 3.63) is 53.3 Å². The predicted octanol–water partition coefficient (Wildman–Crippen LogP) is 4.14. The van der Waals surface area contributed by atoms with Gasteiger partial charge >= 0.3 is 12.1 Å². The van der Waals surface area contributed by atoms with Crippen LogP contribution in [0.3, 0.4) is 0 Å². The van der Waals surface area contributed by atoms with Crippen LogP contribution in [-0.4, -0.2) is 99.1 Å². The zero-order valence-corrected chi connectivity index (χ0v) is 24.5. The van der Waals surface area contributed by atoms with Gasteiger partial charge in [-0.3, -0.25) is 0 Å². The van der Waals surface area contributed by atoms with E-state index in [2.05, 4.69) is 41.3 Å². The minimum absolute atomic E-state index is 0.0234. The summed E-state index contributed by atoms with van der Waals surface area (Å²) in [5.74, 6) is 0.582. The maximum Gasteiger partial charge on any atom is 0.410 e. The first-order valence-corrected chi connectivity index (χ1v) is 14.5. The van der Waals surface area contributed by atoms with E-state index in [1.165, 1.54) is 5.56 Å². The van der Waals surface area contributed by atoms with Crippen LogP contribution in [-0.2, 0) is 17.7 Å². The molecule has 2 saturated heterocycles. The summed E-state index contributed by atoms with van der Waals surface area (Å²) >= 11 is 0. The summed E-state index contributed by atoms with van der Waals surface area (Å²) < 4.78 is 5.52. The molecule has 0 radical (unpaired) electrons. The van der Waals surface area contributed by atoms with E-state index in [9.17, 15) is 9.59 Å².